The van der Waals surface area contributed by atoms with E-state index in [0.29, 0.717) is 22.7 Å². The molecule has 1 aliphatic heterocycles. The molecule has 1 aliphatic rings. The van der Waals surface area contributed by atoms with Crippen molar-refractivity contribution < 1.29 is 9.84 Å². The zero-order valence-electron chi connectivity index (χ0n) is 11.0. The maximum absolute atomic E-state index is 9.07. The van der Waals surface area contributed by atoms with Crippen molar-refractivity contribution >= 4 is 23.2 Å². The quantitative estimate of drug-likeness (QED) is 0.874. The lowest BCUT2D eigenvalue weighted by atomic mass is 9.98. The summed E-state index contributed by atoms with van der Waals surface area (Å²) in [5.41, 5.74) is 1.01. The van der Waals surface area contributed by atoms with E-state index in [9.17, 15) is 0 Å². The number of fused-ring (bicyclic) bond motifs is 1. The number of hydrogen-bond acceptors (Lipinski definition) is 3. The van der Waals surface area contributed by atoms with E-state index < -0.39 is 0 Å². The van der Waals surface area contributed by atoms with Crippen molar-refractivity contribution in [1.29, 1.82) is 0 Å². The van der Waals surface area contributed by atoms with Crippen LogP contribution in [-0.2, 0) is 0 Å². The lowest BCUT2D eigenvalue weighted by molar-refractivity contribution is 0.222. The number of rotatable bonds is 5. The van der Waals surface area contributed by atoms with Gasteiger partial charge in [-0.3, -0.25) is 0 Å². The Labute approximate surface area is 123 Å². The van der Waals surface area contributed by atoms with Gasteiger partial charge in [-0.25, -0.2) is 0 Å². The highest BCUT2D eigenvalue weighted by Gasteiger charge is 2.25. The summed E-state index contributed by atoms with van der Waals surface area (Å²) < 4.78 is 5.63. The first kappa shape index (κ1) is 14.9. The van der Waals surface area contributed by atoms with Gasteiger partial charge in [0.2, 0.25) is 0 Å². The average Bonchev–Trinajstić information content (AvgIpc) is 2.39. The van der Waals surface area contributed by atoms with E-state index >= 15 is 0 Å². The lowest BCUT2D eigenvalue weighted by Gasteiger charge is -2.30. The molecule has 2 N–H and O–H groups in total. The average molecular weight is 304 g/mol. The summed E-state index contributed by atoms with van der Waals surface area (Å²) >= 11 is 12.2. The topological polar surface area (TPSA) is 41.5 Å². The molecule has 0 amide bonds. The molecule has 0 fully saturated rings. The normalized spacial score (nSPS) is 19.7. The first-order valence-electron chi connectivity index (χ1n) is 6.64. The number of benzene rings is 1. The molecule has 2 unspecified atom stereocenters. The van der Waals surface area contributed by atoms with Crippen LogP contribution in [0.2, 0.25) is 10.0 Å². The summed E-state index contributed by atoms with van der Waals surface area (Å²) in [6.07, 6.45) is 2.60. The molecule has 19 heavy (non-hydrogen) atoms. The smallest absolute Gasteiger partial charge is 0.142 e. The summed E-state index contributed by atoms with van der Waals surface area (Å²) in [5, 5.41) is 13.8. The monoisotopic (exact) mass is 303 g/mol. The highest BCUT2D eigenvalue weighted by atomic mass is 35.5. The van der Waals surface area contributed by atoms with Crippen LogP contribution >= 0.6 is 23.2 Å². The van der Waals surface area contributed by atoms with E-state index in [4.69, 9.17) is 33.0 Å². The minimum absolute atomic E-state index is 0.177. The maximum Gasteiger partial charge on any atom is 0.142 e. The second-order valence-electron chi connectivity index (χ2n) is 4.78. The van der Waals surface area contributed by atoms with Gasteiger partial charge in [0.05, 0.1) is 11.6 Å². The summed E-state index contributed by atoms with van der Waals surface area (Å²) in [6, 6.07) is 4.08. The van der Waals surface area contributed by atoms with Gasteiger partial charge in [0.15, 0.2) is 0 Å². The van der Waals surface area contributed by atoms with E-state index in [0.717, 1.165) is 30.6 Å². The van der Waals surface area contributed by atoms with Crippen LogP contribution in [0.5, 0.6) is 5.75 Å². The van der Waals surface area contributed by atoms with E-state index in [2.05, 4.69) is 12.2 Å². The third kappa shape index (κ3) is 3.54. The highest BCUT2D eigenvalue weighted by Crippen LogP contribution is 2.40. The number of hydrogen-bond donors (Lipinski definition) is 2. The molecule has 1 aromatic carbocycles. The molecular weight excluding hydrogens is 285 g/mol. The molecule has 0 radical (unpaired) electrons. The standard InChI is InChI=1S/C14H19Cl2NO2/c1-2-10(3-5-18)17-13-4-6-19-14-11(13)7-9(15)8-12(14)16/h7-8,10,13,17-18H,2-6H2,1H3. The van der Waals surface area contributed by atoms with Crippen LogP contribution in [0.4, 0.5) is 0 Å². The van der Waals surface area contributed by atoms with Crippen molar-refractivity contribution in [3.63, 3.8) is 0 Å². The van der Waals surface area contributed by atoms with Crippen molar-refractivity contribution in [3.8, 4) is 5.75 Å². The zero-order chi connectivity index (χ0) is 13.8. The SMILES string of the molecule is CCC(CCO)NC1CCOc2c(Cl)cc(Cl)cc21. The maximum atomic E-state index is 9.07. The molecule has 0 spiro atoms. The van der Waals surface area contributed by atoms with Gasteiger partial charge in [-0.1, -0.05) is 30.1 Å². The molecule has 0 saturated carbocycles. The minimum atomic E-state index is 0.177. The van der Waals surface area contributed by atoms with Crippen molar-refractivity contribution in [3.05, 3.63) is 27.7 Å². The molecule has 5 heteroatoms. The van der Waals surface area contributed by atoms with Gasteiger partial charge >= 0.3 is 0 Å². The minimum Gasteiger partial charge on any atom is -0.492 e. The van der Waals surface area contributed by atoms with Crippen LogP contribution in [0.3, 0.4) is 0 Å². The van der Waals surface area contributed by atoms with Gasteiger partial charge in [0, 0.05) is 35.7 Å². The second-order valence-corrected chi connectivity index (χ2v) is 5.62. The fraction of sp³-hybridized carbons (Fsp3) is 0.571. The first-order chi connectivity index (χ1) is 9.15. The second kappa shape index (κ2) is 6.80. The van der Waals surface area contributed by atoms with Crippen molar-refractivity contribution in [2.24, 2.45) is 0 Å². The van der Waals surface area contributed by atoms with Crippen LogP contribution in [0.25, 0.3) is 0 Å². The van der Waals surface area contributed by atoms with Crippen LogP contribution in [0, 0.1) is 0 Å². The summed E-state index contributed by atoms with van der Waals surface area (Å²) in [7, 11) is 0. The molecule has 2 rings (SSSR count). The Kier molecular flexibility index (Phi) is 5.34. The molecule has 0 saturated heterocycles. The van der Waals surface area contributed by atoms with Gasteiger partial charge in [0.25, 0.3) is 0 Å². The van der Waals surface area contributed by atoms with Crippen molar-refractivity contribution in [1.82, 2.24) is 5.32 Å². The highest BCUT2D eigenvalue weighted by molar-refractivity contribution is 6.35. The summed E-state index contributed by atoms with van der Waals surface area (Å²) in [4.78, 5) is 0. The van der Waals surface area contributed by atoms with Gasteiger partial charge in [-0.05, 0) is 25.0 Å². The van der Waals surface area contributed by atoms with Crippen molar-refractivity contribution in [2.45, 2.75) is 38.3 Å². The Hall–Kier alpha value is -0.480. The predicted molar refractivity (Wildman–Crippen MR) is 78.2 cm³/mol. The summed E-state index contributed by atoms with van der Waals surface area (Å²) in [5.74, 6) is 0.730. The van der Waals surface area contributed by atoms with Gasteiger partial charge in [-0.2, -0.15) is 0 Å². The fourth-order valence-electron chi connectivity index (χ4n) is 2.44. The van der Waals surface area contributed by atoms with Crippen LogP contribution in [0.1, 0.15) is 37.8 Å². The van der Waals surface area contributed by atoms with E-state index in [1.165, 1.54) is 0 Å². The van der Waals surface area contributed by atoms with Gasteiger partial charge in [-0.15, -0.1) is 0 Å². The third-order valence-corrected chi connectivity index (χ3v) is 3.97. The molecule has 3 nitrogen and oxygen atoms in total. The molecule has 1 heterocycles. The Morgan fingerprint density at radius 1 is 1.47 bits per heavy atom. The number of nitrogens with one attached hydrogen (secondary N) is 1. The number of ether oxygens (including phenoxy) is 1. The van der Waals surface area contributed by atoms with Crippen molar-refractivity contribution in [2.75, 3.05) is 13.2 Å². The van der Waals surface area contributed by atoms with E-state index in [-0.39, 0.29) is 12.6 Å². The lowest BCUT2D eigenvalue weighted by Crippen LogP contribution is -2.35. The Bertz CT molecular complexity index is 440. The molecule has 0 aromatic heterocycles. The number of halogens is 2. The molecule has 106 valence electrons. The first-order valence-corrected chi connectivity index (χ1v) is 7.40. The Balaban J connectivity index is 2.21. The Morgan fingerprint density at radius 2 is 2.26 bits per heavy atom. The zero-order valence-corrected chi connectivity index (χ0v) is 12.5. The number of aliphatic hydroxyl groups excluding tert-OH is 1. The molecular formula is C14H19Cl2NO2. The van der Waals surface area contributed by atoms with Gasteiger partial charge in [0.1, 0.15) is 5.75 Å². The fourth-order valence-corrected chi connectivity index (χ4v) is 3.01. The predicted octanol–water partition coefficient (Wildman–Crippen LogP) is 3.57. The number of aliphatic hydroxyl groups is 1. The molecule has 0 aliphatic carbocycles. The molecule has 0 bridgehead atoms. The third-order valence-electron chi connectivity index (χ3n) is 3.47. The molecule has 1 aromatic rings. The van der Waals surface area contributed by atoms with E-state index in [1.807, 2.05) is 6.07 Å². The summed E-state index contributed by atoms with van der Waals surface area (Å²) in [6.45, 7) is 2.94. The van der Waals surface area contributed by atoms with Crippen LogP contribution in [-0.4, -0.2) is 24.4 Å². The Morgan fingerprint density at radius 3 is 2.95 bits per heavy atom. The van der Waals surface area contributed by atoms with Crippen LogP contribution in [0.15, 0.2) is 12.1 Å². The molecule has 2 atom stereocenters. The van der Waals surface area contributed by atoms with Gasteiger partial charge < -0.3 is 15.2 Å². The largest absolute Gasteiger partial charge is 0.492 e. The van der Waals surface area contributed by atoms with Crippen LogP contribution < -0.4 is 10.1 Å². The van der Waals surface area contributed by atoms with E-state index in [1.54, 1.807) is 6.07 Å².